The minimum atomic E-state index is -0.233. The molecule has 0 atom stereocenters. The van der Waals surface area contributed by atoms with Gasteiger partial charge in [0.1, 0.15) is 5.82 Å². The van der Waals surface area contributed by atoms with Crippen molar-refractivity contribution in [3.8, 4) is 0 Å². The molecule has 82 valence electrons. The highest BCUT2D eigenvalue weighted by Crippen LogP contribution is 2.20. The third kappa shape index (κ3) is 2.15. The maximum Gasteiger partial charge on any atom is 0.123 e. The Morgan fingerprint density at radius 1 is 1.44 bits per heavy atom. The van der Waals surface area contributed by atoms with E-state index in [2.05, 4.69) is 15.0 Å². The molecule has 2 rings (SSSR count). The van der Waals surface area contributed by atoms with E-state index in [1.165, 1.54) is 12.1 Å². The zero-order valence-electron chi connectivity index (χ0n) is 8.65. The molecule has 1 heterocycles. The summed E-state index contributed by atoms with van der Waals surface area (Å²) in [4.78, 5) is 5.77. The number of aromatic nitrogens is 1. The van der Waals surface area contributed by atoms with Gasteiger partial charge in [0.25, 0.3) is 0 Å². The summed E-state index contributed by atoms with van der Waals surface area (Å²) in [5.74, 6) is -0.233. The van der Waals surface area contributed by atoms with Crippen LogP contribution in [0.15, 0.2) is 29.5 Å². The Kier molecular flexibility index (Phi) is 3.08. The third-order valence-electron chi connectivity index (χ3n) is 2.50. The SMILES string of the molecule is [N-]=[N+]=NCCCc1c[nH]c2ccc(F)cc12. The summed E-state index contributed by atoms with van der Waals surface area (Å²) >= 11 is 0. The van der Waals surface area contributed by atoms with Crippen LogP contribution >= 0.6 is 0 Å². The third-order valence-corrected chi connectivity index (χ3v) is 2.50. The standard InChI is InChI=1S/C11H11FN4/c12-9-3-4-11-10(6-9)8(7-14-11)2-1-5-15-16-13/h3-4,6-7,14H,1-2,5H2. The molecule has 2 aromatic rings. The summed E-state index contributed by atoms with van der Waals surface area (Å²) in [5, 5.41) is 4.37. The number of benzene rings is 1. The minimum Gasteiger partial charge on any atom is -0.361 e. The predicted molar refractivity (Wildman–Crippen MR) is 60.6 cm³/mol. The Labute approximate surface area is 91.7 Å². The van der Waals surface area contributed by atoms with Gasteiger partial charge < -0.3 is 4.98 Å². The number of H-pyrrole nitrogens is 1. The molecule has 5 heteroatoms. The summed E-state index contributed by atoms with van der Waals surface area (Å²) in [7, 11) is 0. The zero-order chi connectivity index (χ0) is 11.4. The first-order valence-electron chi connectivity index (χ1n) is 5.07. The molecular weight excluding hydrogens is 207 g/mol. The molecule has 0 aliphatic carbocycles. The summed E-state index contributed by atoms with van der Waals surface area (Å²) in [6.07, 6.45) is 3.43. The molecule has 0 amide bonds. The topological polar surface area (TPSA) is 64.6 Å². The Hall–Kier alpha value is -2.00. The van der Waals surface area contributed by atoms with Crippen molar-refractivity contribution in [2.45, 2.75) is 12.8 Å². The summed E-state index contributed by atoms with van der Waals surface area (Å²) in [6, 6.07) is 4.68. The number of fused-ring (bicyclic) bond motifs is 1. The predicted octanol–water partition coefficient (Wildman–Crippen LogP) is 3.55. The fourth-order valence-corrected chi connectivity index (χ4v) is 1.74. The van der Waals surface area contributed by atoms with Crippen LogP contribution in [0.2, 0.25) is 0 Å². The normalized spacial score (nSPS) is 10.3. The van der Waals surface area contributed by atoms with Crippen molar-refractivity contribution in [1.82, 2.24) is 4.98 Å². The Balaban J connectivity index is 2.17. The van der Waals surface area contributed by atoms with Gasteiger partial charge in [-0.25, -0.2) is 4.39 Å². The molecule has 0 spiro atoms. The molecule has 4 nitrogen and oxygen atoms in total. The van der Waals surface area contributed by atoms with E-state index in [-0.39, 0.29) is 5.82 Å². The molecule has 0 saturated carbocycles. The Morgan fingerprint density at radius 3 is 3.12 bits per heavy atom. The quantitative estimate of drug-likeness (QED) is 0.353. The molecule has 0 radical (unpaired) electrons. The lowest BCUT2D eigenvalue weighted by Crippen LogP contribution is -1.86. The second kappa shape index (κ2) is 4.68. The van der Waals surface area contributed by atoms with Gasteiger partial charge in [0.2, 0.25) is 0 Å². The van der Waals surface area contributed by atoms with E-state index in [1.54, 1.807) is 6.07 Å². The lowest BCUT2D eigenvalue weighted by atomic mass is 10.1. The molecule has 1 aromatic carbocycles. The lowest BCUT2D eigenvalue weighted by Gasteiger charge is -1.97. The van der Waals surface area contributed by atoms with Gasteiger partial charge in [-0.1, -0.05) is 5.11 Å². The number of halogens is 1. The molecule has 16 heavy (non-hydrogen) atoms. The first-order chi connectivity index (χ1) is 7.81. The number of azide groups is 1. The Bertz CT molecular complexity index is 540. The highest BCUT2D eigenvalue weighted by atomic mass is 19.1. The van der Waals surface area contributed by atoms with Crippen molar-refractivity contribution in [1.29, 1.82) is 0 Å². The van der Waals surface area contributed by atoms with Gasteiger partial charge in [-0.2, -0.15) is 0 Å². The van der Waals surface area contributed by atoms with Crippen LogP contribution in [0.1, 0.15) is 12.0 Å². The lowest BCUT2D eigenvalue weighted by molar-refractivity contribution is 0.629. The van der Waals surface area contributed by atoms with E-state index in [9.17, 15) is 4.39 Å². The van der Waals surface area contributed by atoms with Crippen molar-refractivity contribution < 1.29 is 4.39 Å². The number of rotatable bonds is 4. The van der Waals surface area contributed by atoms with Gasteiger partial charge in [0.05, 0.1) is 0 Å². The van der Waals surface area contributed by atoms with Crippen LogP contribution in [0.25, 0.3) is 21.3 Å². The number of aryl methyl sites for hydroxylation is 1. The molecule has 0 aliphatic heterocycles. The van der Waals surface area contributed by atoms with E-state index in [0.29, 0.717) is 6.54 Å². The minimum absolute atomic E-state index is 0.233. The van der Waals surface area contributed by atoms with Crippen LogP contribution in [-0.2, 0) is 6.42 Å². The van der Waals surface area contributed by atoms with Gasteiger partial charge >= 0.3 is 0 Å². The van der Waals surface area contributed by atoms with Crippen molar-refractivity contribution in [3.63, 3.8) is 0 Å². The number of nitrogens with zero attached hydrogens (tertiary/aromatic N) is 3. The maximum atomic E-state index is 13.1. The smallest absolute Gasteiger partial charge is 0.123 e. The average Bonchev–Trinajstić information content (AvgIpc) is 2.67. The van der Waals surface area contributed by atoms with Gasteiger partial charge in [-0.05, 0) is 42.1 Å². The highest BCUT2D eigenvalue weighted by Gasteiger charge is 2.03. The van der Waals surface area contributed by atoms with Crippen molar-refractivity contribution in [3.05, 3.63) is 46.2 Å². The van der Waals surface area contributed by atoms with E-state index < -0.39 is 0 Å². The van der Waals surface area contributed by atoms with Crippen LogP contribution in [0.3, 0.4) is 0 Å². The van der Waals surface area contributed by atoms with Crippen LogP contribution in [0.5, 0.6) is 0 Å². The molecule has 0 fully saturated rings. The Morgan fingerprint density at radius 2 is 2.31 bits per heavy atom. The fraction of sp³-hybridized carbons (Fsp3) is 0.273. The number of hydrogen-bond acceptors (Lipinski definition) is 1. The number of aromatic amines is 1. The average molecular weight is 218 g/mol. The van der Waals surface area contributed by atoms with Crippen LogP contribution in [-0.4, -0.2) is 11.5 Å². The van der Waals surface area contributed by atoms with Gasteiger partial charge in [0, 0.05) is 28.6 Å². The van der Waals surface area contributed by atoms with E-state index in [1.807, 2.05) is 6.20 Å². The van der Waals surface area contributed by atoms with Crippen LogP contribution in [0.4, 0.5) is 4.39 Å². The second-order valence-corrected chi connectivity index (χ2v) is 3.56. The summed E-state index contributed by atoms with van der Waals surface area (Å²) in [6.45, 7) is 0.471. The number of nitrogens with one attached hydrogen (secondary N) is 1. The van der Waals surface area contributed by atoms with Gasteiger partial charge in [-0.3, -0.25) is 0 Å². The monoisotopic (exact) mass is 218 g/mol. The zero-order valence-corrected chi connectivity index (χ0v) is 8.65. The first kappa shape index (κ1) is 10.5. The second-order valence-electron chi connectivity index (χ2n) is 3.56. The van der Waals surface area contributed by atoms with Crippen molar-refractivity contribution in [2.24, 2.45) is 5.11 Å². The molecular formula is C11H11FN4. The summed E-state index contributed by atoms with van der Waals surface area (Å²) in [5.41, 5.74) is 10.1. The molecule has 0 bridgehead atoms. The van der Waals surface area contributed by atoms with E-state index in [4.69, 9.17) is 5.53 Å². The summed E-state index contributed by atoms with van der Waals surface area (Å²) < 4.78 is 13.1. The number of hydrogen-bond donors (Lipinski definition) is 1. The van der Waals surface area contributed by atoms with Crippen LogP contribution in [0, 0.1) is 5.82 Å². The van der Waals surface area contributed by atoms with E-state index in [0.717, 1.165) is 29.3 Å². The molecule has 0 saturated heterocycles. The molecule has 1 N–H and O–H groups in total. The highest BCUT2D eigenvalue weighted by molar-refractivity contribution is 5.83. The van der Waals surface area contributed by atoms with Crippen molar-refractivity contribution >= 4 is 10.9 Å². The molecule has 1 aromatic heterocycles. The fourth-order valence-electron chi connectivity index (χ4n) is 1.74. The van der Waals surface area contributed by atoms with Crippen LogP contribution < -0.4 is 0 Å². The van der Waals surface area contributed by atoms with E-state index >= 15 is 0 Å². The van der Waals surface area contributed by atoms with Crippen molar-refractivity contribution in [2.75, 3.05) is 6.54 Å². The first-order valence-corrected chi connectivity index (χ1v) is 5.07. The van der Waals surface area contributed by atoms with Gasteiger partial charge in [0.15, 0.2) is 0 Å². The van der Waals surface area contributed by atoms with Gasteiger partial charge in [-0.15, -0.1) is 0 Å². The maximum absolute atomic E-state index is 13.1. The largest absolute Gasteiger partial charge is 0.361 e. The molecule has 0 aliphatic rings. The molecule has 0 unspecified atom stereocenters.